The highest BCUT2D eigenvalue weighted by Crippen LogP contribution is 2.32. The third-order valence-corrected chi connectivity index (χ3v) is 8.20. The molecule has 1 unspecified atom stereocenters. The van der Waals surface area contributed by atoms with E-state index in [9.17, 15) is 0 Å². The van der Waals surface area contributed by atoms with Crippen LogP contribution in [0.2, 0.25) is 0 Å². The summed E-state index contributed by atoms with van der Waals surface area (Å²) in [6, 6.07) is 12.2. The van der Waals surface area contributed by atoms with Gasteiger partial charge in [0.05, 0.1) is 12.1 Å². The van der Waals surface area contributed by atoms with Gasteiger partial charge in [-0.2, -0.15) is 0 Å². The van der Waals surface area contributed by atoms with Crippen molar-refractivity contribution in [2.75, 3.05) is 58.2 Å². The molecule has 1 fully saturated rings. The van der Waals surface area contributed by atoms with Gasteiger partial charge in [-0.05, 0) is 86.5 Å². The number of nitrogens with zero attached hydrogens (tertiary/aromatic N) is 4. The number of aryl methyl sites for hydroxylation is 1. The van der Waals surface area contributed by atoms with Crippen LogP contribution in [0.25, 0.3) is 10.9 Å². The van der Waals surface area contributed by atoms with Crippen molar-refractivity contribution < 1.29 is 9.47 Å². The lowest BCUT2D eigenvalue weighted by Gasteiger charge is -2.32. The molecule has 2 N–H and O–H groups in total. The molecule has 3 heterocycles. The van der Waals surface area contributed by atoms with Crippen LogP contribution in [0.4, 0.5) is 11.5 Å². The lowest BCUT2D eigenvalue weighted by molar-refractivity contribution is 0.145. The minimum Gasteiger partial charge on any atom is -0.494 e. The molecule has 8 nitrogen and oxygen atoms in total. The fraction of sp³-hybridized carbons (Fsp3) is 0.394. The summed E-state index contributed by atoms with van der Waals surface area (Å²) in [5, 5.41) is 7.94. The van der Waals surface area contributed by atoms with Crippen molar-refractivity contribution in [1.29, 1.82) is 0 Å². The van der Waals surface area contributed by atoms with E-state index in [2.05, 4.69) is 75.6 Å². The molecule has 3 aliphatic rings. The van der Waals surface area contributed by atoms with Crippen LogP contribution in [0, 0.1) is 6.92 Å². The molecule has 1 aromatic heterocycles. The third-order valence-electron chi connectivity index (χ3n) is 8.20. The van der Waals surface area contributed by atoms with E-state index in [-0.39, 0.29) is 6.10 Å². The Hall–Kier alpha value is -3.88. The highest BCUT2D eigenvalue weighted by atomic mass is 16.5. The van der Waals surface area contributed by atoms with Gasteiger partial charge in [0.15, 0.2) is 0 Å². The SMILES string of the molecule is C/C=C1\CNC2=C1C=CC(Oc1ccc(Nc3ncnc4ccc(OCCCN5CCN(C)CC5)cc34)cc1C)C2. The Labute approximate surface area is 242 Å². The first-order valence-electron chi connectivity index (χ1n) is 14.7. The first kappa shape index (κ1) is 27.3. The van der Waals surface area contributed by atoms with Crippen LogP contribution >= 0.6 is 0 Å². The number of hydrogen-bond donors (Lipinski definition) is 2. The van der Waals surface area contributed by atoms with Gasteiger partial charge in [0.25, 0.3) is 0 Å². The normalized spacial score (nSPS) is 20.4. The van der Waals surface area contributed by atoms with Crippen molar-refractivity contribution in [2.45, 2.75) is 32.8 Å². The van der Waals surface area contributed by atoms with Crippen LogP contribution in [0.3, 0.4) is 0 Å². The first-order chi connectivity index (χ1) is 20.1. The second-order valence-corrected chi connectivity index (χ2v) is 11.1. The molecule has 8 heteroatoms. The largest absolute Gasteiger partial charge is 0.494 e. The molecular weight excluding hydrogens is 512 g/mol. The van der Waals surface area contributed by atoms with Crippen LogP contribution in [0.15, 0.2) is 77.8 Å². The molecule has 0 radical (unpaired) electrons. The van der Waals surface area contributed by atoms with Crippen LogP contribution in [-0.4, -0.2) is 78.8 Å². The predicted molar refractivity (Wildman–Crippen MR) is 165 cm³/mol. The van der Waals surface area contributed by atoms with Crippen molar-refractivity contribution in [3.63, 3.8) is 0 Å². The number of ether oxygens (including phenoxy) is 2. The molecule has 0 bridgehead atoms. The van der Waals surface area contributed by atoms with Gasteiger partial charge in [0.2, 0.25) is 0 Å². The number of rotatable bonds is 9. The zero-order chi connectivity index (χ0) is 28.2. The lowest BCUT2D eigenvalue weighted by Crippen LogP contribution is -2.44. The molecule has 2 aliphatic heterocycles. The highest BCUT2D eigenvalue weighted by Gasteiger charge is 2.24. The van der Waals surface area contributed by atoms with E-state index in [4.69, 9.17) is 9.47 Å². The van der Waals surface area contributed by atoms with Crippen molar-refractivity contribution >= 4 is 22.4 Å². The number of anilines is 2. The minimum absolute atomic E-state index is 0.0146. The van der Waals surface area contributed by atoms with Crippen LogP contribution < -0.4 is 20.1 Å². The second kappa shape index (κ2) is 12.3. The molecule has 1 atom stereocenters. The van der Waals surface area contributed by atoms with Crippen LogP contribution in [-0.2, 0) is 0 Å². The molecule has 214 valence electrons. The van der Waals surface area contributed by atoms with E-state index in [0.717, 1.165) is 91.6 Å². The number of likely N-dealkylation sites (N-methyl/N-ethyl adjacent to an activating group) is 1. The summed E-state index contributed by atoms with van der Waals surface area (Å²) in [5.74, 6) is 2.48. The molecule has 0 spiro atoms. The molecule has 0 saturated carbocycles. The number of fused-ring (bicyclic) bond motifs is 1. The van der Waals surface area contributed by atoms with E-state index in [1.54, 1.807) is 6.33 Å². The second-order valence-electron chi connectivity index (χ2n) is 11.1. The fourth-order valence-corrected chi connectivity index (χ4v) is 5.72. The van der Waals surface area contributed by atoms with Gasteiger partial charge < -0.3 is 29.9 Å². The van der Waals surface area contributed by atoms with Crippen molar-refractivity contribution in [3.05, 3.63) is 83.4 Å². The zero-order valence-corrected chi connectivity index (χ0v) is 24.3. The maximum absolute atomic E-state index is 6.39. The van der Waals surface area contributed by atoms with Crippen LogP contribution in [0.1, 0.15) is 25.3 Å². The Bertz CT molecular complexity index is 1490. The molecule has 6 rings (SSSR count). The molecule has 1 aliphatic carbocycles. The third kappa shape index (κ3) is 6.39. The number of allylic oxidation sites excluding steroid dienone is 2. The van der Waals surface area contributed by atoms with Crippen LogP contribution in [0.5, 0.6) is 11.5 Å². The van der Waals surface area contributed by atoms with Crippen molar-refractivity contribution in [1.82, 2.24) is 25.1 Å². The lowest BCUT2D eigenvalue weighted by atomic mass is 9.98. The summed E-state index contributed by atoms with van der Waals surface area (Å²) < 4.78 is 12.5. The molecule has 1 saturated heterocycles. The Morgan fingerprint density at radius 1 is 1.10 bits per heavy atom. The number of benzene rings is 2. The number of aromatic nitrogens is 2. The summed E-state index contributed by atoms with van der Waals surface area (Å²) in [5.41, 5.74) is 6.85. The standard InChI is InChI=1S/C33H40N6O2/c1-4-24-21-34-31-20-27(7-9-28(24)31)41-32-11-6-25(18-23(32)2)37-33-29-19-26(8-10-30(29)35-22-36-33)40-17-5-12-39-15-13-38(3)14-16-39/h4,6-11,18-19,22,27,34H,5,12-17,20-21H2,1-3H3,(H,35,36,37)/b24-4+. The molecule has 0 amide bonds. The predicted octanol–water partition coefficient (Wildman–Crippen LogP) is 5.21. The molecule has 2 aromatic carbocycles. The quantitative estimate of drug-likeness (QED) is 0.351. The maximum atomic E-state index is 6.39. The van der Waals surface area contributed by atoms with Gasteiger partial charge in [0.1, 0.15) is 29.7 Å². The Morgan fingerprint density at radius 2 is 1.98 bits per heavy atom. The molecule has 3 aromatic rings. The maximum Gasteiger partial charge on any atom is 0.141 e. The molecular formula is C33H40N6O2. The molecule has 41 heavy (non-hydrogen) atoms. The van der Waals surface area contributed by atoms with E-state index in [1.807, 2.05) is 30.3 Å². The number of piperazine rings is 1. The smallest absolute Gasteiger partial charge is 0.141 e. The highest BCUT2D eigenvalue weighted by molar-refractivity contribution is 5.91. The summed E-state index contributed by atoms with van der Waals surface area (Å²) in [6.07, 6.45) is 10.0. The monoisotopic (exact) mass is 552 g/mol. The zero-order valence-electron chi connectivity index (χ0n) is 24.3. The Morgan fingerprint density at radius 3 is 2.80 bits per heavy atom. The first-order valence-corrected chi connectivity index (χ1v) is 14.7. The van der Waals surface area contributed by atoms with Crippen molar-refractivity contribution in [2.24, 2.45) is 0 Å². The van der Waals surface area contributed by atoms with Gasteiger partial charge in [-0.25, -0.2) is 9.97 Å². The summed E-state index contributed by atoms with van der Waals surface area (Å²) >= 11 is 0. The van der Waals surface area contributed by atoms with E-state index < -0.39 is 0 Å². The van der Waals surface area contributed by atoms with E-state index in [1.165, 1.54) is 16.8 Å². The summed E-state index contributed by atoms with van der Waals surface area (Å²) in [7, 11) is 2.19. The minimum atomic E-state index is 0.0146. The van der Waals surface area contributed by atoms with Gasteiger partial charge in [-0.3, -0.25) is 0 Å². The topological polar surface area (TPSA) is 74.8 Å². The fourth-order valence-electron chi connectivity index (χ4n) is 5.72. The average Bonchev–Trinajstić information content (AvgIpc) is 3.40. The number of hydrogen-bond acceptors (Lipinski definition) is 8. The summed E-state index contributed by atoms with van der Waals surface area (Å²) in [4.78, 5) is 13.9. The van der Waals surface area contributed by atoms with Gasteiger partial charge in [0, 0.05) is 62.5 Å². The van der Waals surface area contributed by atoms with Gasteiger partial charge in [-0.15, -0.1) is 0 Å². The van der Waals surface area contributed by atoms with E-state index >= 15 is 0 Å². The average molecular weight is 553 g/mol. The summed E-state index contributed by atoms with van der Waals surface area (Å²) in [6.45, 7) is 11.4. The number of nitrogens with one attached hydrogen (secondary N) is 2. The van der Waals surface area contributed by atoms with E-state index in [0.29, 0.717) is 6.61 Å². The van der Waals surface area contributed by atoms with Gasteiger partial charge >= 0.3 is 0 Å². The Kier molecular flexibility index (Phi) is 8.21. The Balaban J connectivity index is 1.07. The van der Waals surface area contributed by atoms with Gasteiger partial charge in [-0.1, -0.05) is 12.2 Å². The van der Waals surface area contributed by atoms with Crippen molar-refractivity contribution in [3.8, 4) is 11.5 Å².